The highest BCUT2D eigenvalue weighted by Gasteiger charge is 2.23. The number of nitrogens with one attached hydrogen (secondary N) is 1. The first-order valence-corrected chi connectivity index (χ1v) is 9.75. The van der Waals surface area contributed by atoms with Crippen molar-refractivity contribution in [1.29, 1.82) is 0 Å². The van der Waals surface area contributed by atoms with Crippen molar-refractivity contribution in [3.05, 3.63) is 65.1 Å². The Labute approximate surface area is 164 Å². The number of amides is 1. The van der Waals surface area contributed by atoms with Crippen molar-refractivity contribution in [3.8, 4) is 0 Å². The Bertz CT molecular complexity index is 1040. The highest BCUT2D eigenvalue weighted by atomic mass is 19.1. The fourth-order valence-corrected chi connectivity index (χ4v) is 3.73. The van der Waals surface area contributed by atoms with E-state index in [2.05, 4.69) is 10.3 Å². The second-order valence-electron chi connectivity index (χ2n) is 7.50. The van der Waals surface area contributed by atoms with E-state index in [0.29, 0.717) is 22.2 Å². The van der Waals surface area contributed by atoms with E-state index in [1.54, 1.807) is 12.3 Å². The van der Waals surface area contributed by atoms with E-state index in [1.165, 1.54) is 12.1 Å². The molecule has 1 amide bonds. The number of halogens is 1. The summed E-state index contributed by atoms with van der Waals surface area (Å²) in [5.41, 5.74) is 4.84. The molecule has 0 radical (unpaired) electrons. The number of carbonyl (C=O) groups is 1. The van der Waals surface area contributed by atoms with Crippen LogP contribution in [0.15, 0.2) is 42.6 Å². The maximum atomic E-state index is 14.0. The van der Waals surface area contributed by atoms with Crippen LogP contribution in [0.2, 0.25) is 0 Å². The van der Waals surface area contributed by atoms with Crippen LogP contribution >= 0.6 is 0 Å². The molecule has 4 rings (SSSR count). The number of likely N-dealkylation sites (tertiary alicyclic amines) is 1. The average Bonchev–Trinajstić information content (AvgIpc) is 2.71. The Kier molecular flexibility index (Phi) is 4.99. The zero-order chi connectivity index (χ0) is 19.7. The molecule has 1 saturated heterocycles. The molecule has 3 aromatic rings. The number of hydrogen-bond donors (Lipinski definition) is 1. The fraction of sp³-hybridized carbons (Fsp3) is 0.304. The van der Waals surface area contributed by atoms with Gasteiger partial charge in [-0.15, -0.1) is 0 Å². The molecule has 1 aromatic heterocycles. The minimum Gasteiger partial charge on any atom is -0.354 e. The van der Waals surface area contributed by atoms with Gasteiger partial charge in [-0.25, -0.2) is 4.39 Å². The van der Waals surface area contributed by atoms with E-state index in [-0.39, 0.29) is 11.7 Å². The fourth-order valence-electron chi connectivity index (χ4n) is 3.73. The van der Waals surface area contributed by atoms with Crippen LogP contribution in [0.3, 0.4) is 0 Å². The summed E-state index contributed by atoms with van der Waals surface area (Å²) in [5, 5.41) is 4.03. The summed E-state index contributed by atoms with van der Waals surface area (Å²) in [7, 11) is 0. The number of aryl methyl sites for hydroxylation is 2. The molecular formula is C23H24FN3O. The Morgan fingerprint density at radius 3 is 2.64 bits per heavy atom. The molecule has 4 nitrogen and oxygen atoms in total. The van der Waals surface area contributed by atoms with Crippen LogP contribution in [0.1, 0.15) is 40.7 Å². The van der Waals surface area contributed by atoms with E-state index >= 15 is 0 Å². The molecule has 2 heterocycles. The molecule has 1 N–H and O–H groups in total. The number of aromatic nitrogens is 1. The first-order valence-electron chi connectivity index (χ1n) is 9.75. The summed E-state index contributed by atoms with van der Waals surface area (Å²) >= 11 is 0. The Balaban J connectivity index is 1.85. The number of anilines is 2. The second-order valence-corrected chi connectivity index (χ2v) is 7.50. The summed E-state index contributed by atoms with van der Waals surface area (Å²) in [6, 6.07) is 10.6. The summed E-state index contributed by atoms with van der Waals surface area (Å²) in [6.45, 7) is 5.54. The largest absolute Gasteiger partial charge is 0.354 e. The predicted octanol–water partition coefficient (Wildman–Crippen LogP) is 5.36. The normalized spacial score (nSPS) is 14.3. The number of benzene rings is 2. The lowest BCUT2D eigenvalue weighted by atomic mass is 10.0. The first-order chi connectivity index (χ1) is 13.5. The minimum atomic E-state index is -0.346. The molecule has 0 saturated carbocycles. The zero-order valence-corrected chi connectivity index (χ0v) is 16.3. The number of piperidine rings is 1. The Morgan fingerprint density at radius 2 is 1.86 bits per heavy atom. The third-order valence-electron chi connectivity index (χ3n) is 5.36. The predicted molar refractivity (Wildman–Crippen MR) is 111 cm³/mol. The van der Waals surface area contributed by atoms with Crippen LogP contribution in [0.25, 0.3) is 10.9 Å². The molecule has 5 heteroatoms. The number of fused-ring (bicyclic) bond motifs is 1. The highest BCUT2D eigenvalue weighted by Crippen LogP contribution is 2.32. The average molecular weight is 377 g/mol. The van der Waals surface area contributed by atoms with Gasteiger partial charge in [0, 0.05) is 30.4 Å². The highest BCUT2D eigenvalue weighted by molar-refractivity contribution is 6.08. The third-order valence-corrected chi connectivity index (χ3v) is 5.36. The lowest BCUT2D eigenvalue weighted by Crippen LogP contribution is -2.36. The van der Waals surface area contributed by atoms with Gasteiger partial charge in [-0.05, 0) is 68.5 Å². The standard InChI is InChI=1S/C23H24FN3O/c1-15-6-7-16(2)21(12-15)26-22-18-13-17(24)8-9-20(18)25-14-19(22)23(28)27-10-4-3-5-11-27/h6-9,12-14H,3-5,10-11H2,1-2H3,(H,25,26). The van der Waals surface area contributed by atoms with Crippen LogP contribution < -0.4 is 5.32 Å². The first kappa shape index (κ1) is 18.4. The second kappa shape index (κ2) is 7.58. The van der Waals surface area contributed by atoms with E-state index in [4.69, 9.17) is 0 Å². The van der Waals surface area contributed by atoms with Gasteiger partial charge in [-0.2, -0.15) is 0 Å². The maximum absolute atomic E-state index is 14.0. The van der Waals surface area contributed by atoms with Crippen LogP contribution in [0.5, 0.6) is 0 Å². The van der Waals surface area contributed by atoms with Gasteiger partial charge in [0.15, 0.2) is 0 Å². The number of pyridine rings is 1. The van der Waals surface area contributed by atoms with Crippen molar-refractivity contribution in [2.45, 2.75) is 33.1 Å². The van der Waals surface area contributed by atoms with Crippen molar-refractivity contribution in [2.24, 2.45) is 0 Å². The molecule has 144 valence electrons. The molecule has 1 fully saturated rings. The monoisotopic (exact) mass is 377 g/mol. The van der Waals surface area contributed by atoms with Crippen molar-refractivity contribution in [2.75, 3.05) is 18.4 Å². The molecule has 1 aliphatic heterocycles. The summed E-state index contributed by atoms with van der Waals surface area (Å²) in [5.74, 6) is -0.396. The van der Waals surface area contributed by atoms with Crippen LogP contribution in [0, 0.1) is 19.7 Å². The molecule has 0 spiro atoms. The van der Waals surface area contributed by atoms with Crippen molar-refractivity contribution >= 4 is 28.2 Å². The molecule has 0 aliphatic carbocycles. The van der Waals surface area contributed by atoms with Gasteiger partial charge in [-0.3, -0.25) is 9.78 Å². The van der Waals surface area contributed by atoms with Crippen molar-refractivity contribution in [1.82, 2.24) is 9.88 Å². The number of nitrogens with zero attached hydrogens (tertiary/aromatic N) is 2. The number of carbonyl (C=O) groups excluding carboxylic acids is 1. The zero-order valence-electron chi connectivity index (χ0n) is 16.3. The van der Waals surface area contributed by atoms with Crippen LogP contribution in [0.4, 0.5) is 15.8 Å². The van der Waals surface area contributed by atoms with E-state index in [1.807, 2.05) is 36.9 Å². The Morgan fingerprint density at radius 1 is 1.07 bits per heavy atom. The maximum Gasteiger partial charge on any atom is 0.257 e. The molecule has 28 heavy (non-hydrogen) atoms. The molecule has 0 atom stereocenters. The van der Waals surface area contributed by atoms with Crippen molar-refractivity contribution < 1.29 is 9.18 Å². The quantitative estimate of drug-likeness (QED) is 0.668. The summed E-state index contributed by atoms with van der Waals surface area (Å²) in [6.07, 6.45) is 4.80. The van der Waals surface area contributed by atoms with Gasteiger partial charge in [0.1, 0.15) is 5.82 Å². The topological polar surface area (TPSA) is 45.2 Å². The van der Waals surface area contributed by atoms with Gasteiger partial charge in [0.25, 0.3) is 5.91 Å². The van der Waals surface area contributed by atoms with E-state index < -0.39 is 0 Å². The Hall–Kier alpha value is -2.95. The third kappa shape index (κ3) is 3.57. The van der Waals surface area contributed by atoms with Crippen molar-refractivity contribution in [3.63, 3.8) is 0 Å². The van der Waals surface area contributed by atoms with E-state index in [0.717, 1.165) is 49.2 Å². The number of hydrogen-bond acceptors (Lipinski definition) is 3. The van der Waals surface area contributed by atoms with Gasteiger partial charge in [0.05, 0.1) is 16.8 Å². The van der Waals surface area contributed by atoms with Gasteiger partial charge in [-0.1, -0.05) is 12.1 Å². The van der Waals surface area contributed by atoms with Crippen LogP contribution in [-0.2, 0) is 0 Å². The molecular weight excluding hydrogens is 353 g/mol. The SMILES string of the molecule is Cc1ccc(C)c(Nc2c(C(=O)N3CCCCC3)cnc3ccc(F)cc23)c1. The van der Waals surface area contributed by atoms with E-state index in [9.17, 15) is 9.18 Å². The minimum absolute atomic E-state index is 0.0498. The van der Waals surface area contributed by atoms with Gasteiger partial charge in [0.2, 0.25) is 0 Å². The van der Waals surface area contributed by atoms with Gasteiger partial charge < -0.3 is 10.2 Å². The number of rotatable bonds is 3. The molecule has 0 unspecified atom stereocenters. The molecule has 0 bridgehead atoms. The summed E-state index contributed by atoms with van der Waals surface area (Å²) in [4.78, 5) is 19.5. The molecule has 2 aromatic carbocycles. The summed E-state index contributed by atoms with van der Waals surface area (Å²) < 4.78 is 14.0. The lowest BCUT2D eigenvalue weighted by Gasteiger charge is -2.28. The molecule has 1 aliphatic rings. The van der Waals surface area contributed by atoms with Gasteiger partial charge >= 0.3 is 0 Å². The van der Waals surface area contributed by atoms with Crippen LogP contribution in [-0.4, -0.2) is 28.9 Å². The smallest absolute Gasteiger partial charge is 0.257 e. The lowest BCUT2D eigenvalue weighted by molar-refractivity contribution is 0.0725.